The molecule has 0 saturated carbocycles. The number of para-hydroxylation sites is 1. The summed E-state index contributed by atoms with van der Waals surface area (Å²) in [5, 5.41) is 11.8. The summed E-state index contributed by atoms with van der Waals surface area (Å²) in [5.74, 6) is -0.282. The van der Waals surface area contributed by atoms with E-state index in [0.29, 0.717) is 37.4 Å². The van der Waals surface area contributed by atoms with Crippen molar-refractivity contribution in [3.05, 3.63) is 75.8 Å². The molecule has 0 unspecified atom stereocenters. The van der Waals surface area contributed by atoms with Gasteiger partial charge in [-0.3, -0.25) is 24.7 Å². The first-order chi connectivity index (χ1) is 19.2. The molecule has 3 heterocycles. The zero-order valence-electron chi connectivity index (χ0n) is 21.8. The van der Waals surface area contributed by atoms with Crippen molar-refractivity contribution >= 4 is 11.6 Å². The number of nitrogens with one attached hydrogen (secondary N) is 1. The number of hydrogen-bond donors (Lipinski definition) is 1. The van der Waals surface area contributed by atoms with Gasteiger partial charge in [-0.05, 0) is 29.8 Å². The fourth-order valence-electron chi connectivity index (χ4n) is 5.13. The van der Waals surface area contributed by atoms with Gasteiger partial charge in [-0.1, -0.05) is 24.3 Å². The van der Waals surface area contributed by atoms with Crippen LogP contribution in [0.4, 0.5) is 18.9 Å². The molecule has 0 aliphatic carbocycles. The molecule has 212 valence electrons. The Morgan fingerprint density at radius 2 is 1.55 bits per heavy atom. The standard InChI is InChI=1S/C28H30F3N5O4/c29-28(30,31)21-7-5-20(6-8-21)24-19-23(26(32-24)22-3-1-2-4-25(22)36(38)39)27(37)35-13-11-33(12-14-35)9-10-34-15-17-40-18-16-34/h1-8,19,32H,9-18H2. The first-order valence-electron chi connectivity index (χ1n) is 13.2. The second kappa shape index (κ2) is 11.8. The number of hydrogen-bond acceptors (Lipinski definition) is 6. The maximum absolute atomic E-state index is 13.8. The minimum absolute atomic E-state index is 0.176. The number of nitro groups is 1. The second-order valence-corrected chi connectivity index (χ2v) is 9.91. The van der Waals surface area contributed by atoms with Crippen LogP contribution in [-0.4, -0.2) is 96.1 Å². The van der Waals surface area contributed by atoms with Crippen LogP contribution in [0.1, 0.15) is 15.9 Å². The van der Waals surface area contributed by atoms with E-state index in [1.165, 1.54) is 18.2 Å². The number of amides is 1. The van der Waals surface area contributed by atoms with Crippen molar-refractivity contribution in [3.63, 3.8) is 0 Å². The van der Waals surface area contributed by atoms with Gasteiger partial charge in [0, 0.05) is 64.1 Å². The molecule has 2 fully saturated rings. The third-order valence-electron chi connectivity index (χ3n) is 7.44. The van der Waals surface area contributed by atoms with E-state index < -0.39 is 16.7 Å². The normalized spacial score (nSPS) is 17.2. The maximum Gasteiger partial charge on any atom is 0.416 e. The van der Waals surface area contributed by atoms with Crippen LogP contribution in [0, 0.1) is 10.1 Å². The predicted molar refractivity (Wildman–Crippen MR) is 143 cm³/mol. The highest BCUT2D eigenvalue weighted by Crippen LogP contribution is 2.36. The van der Waals surface area contributed by atoms with Crippen LogP contribution in [0.5, 0.6) is 0 Å². The summed E-state index contributed by atoms with van der Waals surface area (Å²) < 4.78 is 44.6. The minimum Gasteiger partial charge on any atom is -0.379 e. The Labute approximate surface area is 229 Å². The van der Waals surface area contributed by atoms with Gasteiger partial charge in [0.25, 0.3) is 11.6 Å². The van der Waals surface area contributed by atoms with Crippen molar-refractivity contribution < 1.29 is 27.6 Å². The van der Waals surface area contributed by atoms with Gasteiger partial charge in [-0.2, -0.15) is 13.2 Å². The van der Waals surface area contributed by atoms with E-state index >= 15 is 0 Å². The number of piperazine rings is 1. The van der Waals surface area contributed by atoms with E-state index in [1.807, 2.05) is 0 Å². The molecular formula is C28H30F3N5O4. The fourth-order valence-corrected chi connectivity index (χ4v) is 5.13. The maximum atomic E-state index is 13.8. The van der Waals surface area contributed by atoms with Crippen LogP contribution >= 0.6 is 0 Å². The quantitative estimate of drug-likeness (QED) is 0.343. The van der Waals surface area contributed by atoms with E-state index in [1.54, 1.807) is 29.2 Å². The Morgan fingerprint density at radius 3 is 2.17 bits per heavy atom. The van der Waals surface area contributed by atoms with Crippen molar-refractivity contribution in [3.8, 4) is 22.5 Å². The summed E-state index contributed by atoms with van der Waals surface area (Å²) in [6.07, 6.45) is -4.48. The van der Waals surface area contributed by atoms with Crippen LogP contribution in [-0.2, 0) is 10.9 Å². The average Bonchev–Trinajstić information content (AvgIpc) is 3.41. The Balaban J connectivity index is 1.38. The molecule has 0 bridgehead atoms. The summed E-state index contributed by atoms with van der Waals surface area (Å²) in [5.41, 5.74) is 0.607. The number of nitro benzene ring substituents is 1. The number of nitrogens with zero attached hydrogens (tertiary/aromatic N) is 4. The lowest BCUT2D eigenvalue weighted by Gasteiger charge is -2.36. The molecule has 2 aliphatic heterocycles. The van der Waals surface area contributed by atoms with Gasteiger partial charge in [-0.25, -0.2) is 0 Å². The van der Waals surface area contributed by atoms with E-state index in [0.717, 1.165) is 51.5 Å². The number of benzene rings is 2. The van der Waals surface area contributed by atoms with Crippen molar-refractivity contribution in [2.75, 3.05) is 65.6 Å². The van der Waals surface area contributed by atoms with Gasteiger partial charge in [-0.15, -0.1) is 0 Å². The average molecular weight is 558 g/mol. The second-order valence-electron chi connectivity index (χ2n) is 9.91. The number of carbonyl (C=O) groups excluding carboxylic acids is 1. The highest BCUT2D eigenvalue weighted by Gasteiger charge is 2.31. The molecule has 3 aromatic rings. The van der Waals surface area contributed by atoms with E-state index in [-0.39, 0.29) is 28.4 Å². The summed E-state index contributed by atoms with van der Waals surface area (Å²) >= 11 is 0. The molecule has 1 N–H and O–H groups in total. The molecule has 2 aromatic carbocycles. The highest BCUT2D eigenvalue weighted by atomic mass is 19.4. The molecule has 40 heavy (non-hydrogen) atoms. The van der Waals surface area contributed by atoms with Gasteiger partial charge >= 0.3 is 6.18 Å². The summed E-state index contributed by atoms with van der Waals surface area (Å²) in [6, 6.07) is 12.2. The summed E-state index contributed by atoms with van der Waals surface area (Å²) in [4.78, 5) is 34.5. The van der Waals surface area contributed by atoms with Crippen LogP contribution < -0.4 is 0 Å². The molecule has 5 rings (SSSR count). The molecule has 1 amide bonds. The van der Waals surface area contributed by atoms with E-state index in [4.69, 9.17) is 4.74 Å². The first-order valence-corrected chi connectivity index (χ1v) is 13.2. The lowest BCUT2D eigenvalue weighted by atomic mass is 10.0. The highest BCUT2D eigenvalue weighted by molar-refractivity contribution is 6.02. The molecule has 0 radical (unpaired) electrons. The number of carbonyl (C=O) groups is 1. The molecule has 12 heteroatoms. The van der Waals surface area contributed by atoms with Crippen LogP contribution in [0.2, 0.25) is 0 Å². The van der Waals surface area contributed by atoms with Crippen LogP contribution in [0.25, 0.3) is 22.5 Å². The topological polar surface area (TPSA) is 94.9 Å². The Kier molecular flexibility index (Phi) is 8.19. The number of halogens is 3. The van der Waals surface area contributed by atoms with Crippen LogP contribution in [0.3, 0.4) is 0 Å². The number of alkyl halides is 3. The lowest BCUT2D eigenvalue weighted by molar-refractivity contribution is -0.384. The smallest absolute Gasteiger partial charge is 0.379 e. The molecule has 2 aliphatic rings. The van der Waals surface area contributed by atoms with Crippen molar-refractivity contribution in [1.29, 1.82) is 0 Å². The Hall–Kier alpha value is -3.74. The zero-order chi connectivity index (χ0) is 28.3. The molecule has 1 aromatic heterocycles. The van der Waals surface area contributed by atoms with Gasteiger partial charge in [0.2, 0.25) is 0 Å². The van der Waals surface area contributed by atoms with Crippen LogP contribution in [0.15, 0.2) is 54.6 Å². The molecule has 2 saturated heterocycles. The van der Waals surface area contributed by atoms with Crippen molar-refractivity contribution in [1.82, 2.24) is 19.7 Å². The Morgan fingerprint density at radius 1 is 0.925 bits per heavy atom. The van der Waals surface area contributed by atoms with Gasteiger partial charge < -0.3 is 14.6 Å². The molecule has 0 atom stereocenters. The number of rotatable bonds is 7. The zero-order valence-corrected chi connectivity index (χ0v) is 21.8. The Bertz CT molecular complexity index is 1340. The third-order valence-corrected chi connectivity index (χ3v) is 7.44. The number of aromatic nitrogens is 1. The van der Waals surface area contributed by atoms with Crippen molar-refractivity contribution in [2.24, 2.45) is 0 Å². The minimum atomic E-state index is -4.48. The SMILES string of the molecule is O=C(c1cc(-c2ccc(C(F)(F)F)cc2)[nH]c1-c1ccccc1[N+](=O)[O-])N1CCN(CCN2CCOCC2)CC1. The monoisotopic (exact) mass is 557 g/mol. The molecular weight excluding hydrogens is 527 g/mol. The van der Waals surface area contributed by atoms with Crippen molar-refractivity contribution in [2.45, 2.75) is 6.18 Å². The summed E-state index contributed by atoms with van der Waals surface area (Å²) in [7, 11) is 0. The van der Waals surface area contributed by atoms with Gasteiger partial charge in [0.15, 0.2) is 0 Å². The predicted octanol–water partition coefficient (Wildman–Crippen LogP) is 4.37. The first kappa shape index (κ1) is 27.8. The molecule has 9 nitrogen and oxygen atoms in total. The fraction of sp³-hybridized carbons (Fsp3) is 0.393. The van der Waals surface area contributed by atoms with E-state index in [2.05, 4.69) is 14.8 Å². The number of morpholine rings is 1. The van der Waals surface area contributed by atoms with Gasteiger partial charge in [0.1, 0.15) is 0 Å². The lowest BCUT2D eigenvalue weighted by Crippen LogP contribution is -2.51. The van der Waals surface area contributed by atoms with Gasteiger partial charge in [0.05, 0.1) is 40.5 Å². The number of aromatic amines is 1. The number of ether oxygens (including phenoxy) is 1. The largest absolute Gasteiger partial charge is 0.416 e. The summed E-state index contributed by atoms with van der Waals surface area (Å²) in [6.45, 7) is 7.56. The number of H-pyrrole nitrogens is 1. The molecule has 0 spiro atoms. The van der Waals surface area contributed by atoms with E-state index in [9.17, 15) is 28.1 Å². The third kappa shape index (κ3) is 6.19.